The lowest BCUT2D eigenvalue weighted by Crippen LogP contribution is -2.18. The zero-order chi connectivity index (χ0) is 17.9. The number of fused-ring (bicyclic) bond motifs is 1. The highest BCUT2D eigenvalue weighted by Gasteiger charge is 2.14. The molecular formula is C20H22ClN5O. The quantitative estimate of drug-likeness (QED) is 0.720. The molecule has 6 nitrogen and oxygen atoms in total. The Morgan fingerprint density at radius 1 is 1.00 bits per heavy atom. The average molecular weight is 384 g/mol. The van der Waals surface area contributed by atoms with Gasteiger partial charge >= 0.3 is 0 Å². The number of nitrogens with two attached hydrogens (primary N) is 1. The van der Waals surface area contributed by atoms with Gasteiger partial charge in [0, 0.05) is 12.1 Å². The number of hydrogen-bond acceptors (Lipinski definition) is 5. The number of para-hydroxylation sites is 2. The molecule has 0 radical (unpaired) electrons. The van der Waals surface area contributed by atoms with E-state index >= 15 is 0 Å². The van der Waals surface area contributed by atoms with Crippen molar-refractivity contribution in [2.45, 2.75) is 19.4 Å². The van der Waals surface area contributed by atoms with Crippen LogP contribution in [0.25, 0.3) is 11.0 Å². The normalized spacial score (nSPS) is 14.1. The summed E-state index contributed by atoms with van der Waals surface area (Å²) in [5, 5.41) is 2.76. The molecule has 2 aromatic carbocycles. The third kappa shape index (κ3) is 4.35. The topological polar surface area (TPSA) is 84.1 Å². The maximum Gasteiger partial charge on any atom is 0.256 e. The first-order valence-electron chi connectivity index (χ1n) is 8.84. The van der Waals surface area contributed by atoms with E-state index in [9.17, 15) is 4.79 Å². The largest absolute Gasteiger partial charge is 0.381 e. The summed E-state index contributed by atoms with van der Waals surface area (Å²) in [5.41, 5.74) is 9.12. The summed E-state index contributed by atoms with van der Waals surface area (Å²) in [5.74, 6) is 0.256. The molecule has 1 aliphatic heterocycles. The van der Waals surface area contributed by atoms with E-state index in [1.165, 1.54) is 18.4 Å². The highest BCUT2D eigenvalue weighted by Crippen LogP contribution is 2.19. The standard InChI is InChI=1S/C20H21N5O.ClH/c21-18-19(23-17-6-2-1-5-16(17)22-18)24-20(26)15-9-7-14(8-10-15)13-25-11-3-4-12-25;/h1-2,5-10H,3-4,11-13H2,(H2,21,22)(H,23,24,26);1H. The Bertz CT molecular complexity index is 939. The fourth-order valence-corrected chi connectivity index (χ4v) is 3.25. The molecule has 1 saturated heterocycles. The number of rotatable bonds is 4. The second-order valence-electron chi connectivity index (χ2n) is 6.58. The molecule has 2 heterocycles. The van der Waals surface area contributed by atoms with Gasteiger partial charge in [0.2, 0.25) is 0 Å². The van der Waals surface area contributed by atoms with Gasteiger partial charge in [-0.1, -0.05) is 24.3 Å². The van der Waals surface area contributed by atoms with Crippen molar-refractivity contribution in [1.82, 2.24) is 14.9 Å². The fourth-order valence-electron chi connectivity index (χ4n) is 3.25. The molecule has 140 valence electrons. The van der Waals surface area contributed by atoms with E-state index in [1.54, 1.807) is 0 Å². The lowest BCUT2D eigenvalue weighted by Gasteiger charge is -2.14. The van der Waals surface area contributed by atoms with Crippen molar-refractivity contribution < 1.29 is 4.79 Å². The number of carbonyl (C=O) groups excluding carboxylic acids is 1. The fraction of sp³-hybridized carbons (Fsp3) is 0.250. The summed E-state index contributed by atoms with van der Waals surface area (Å²) in [4.78, 5) is 23.6. The Hall–Kier alpha value is -2.70. The zero-order valence-electron chi connectivity index (χ0n) is 14.9. The van der Waals surface area contributed by atoms with Crippen LogP contribution in [-0.2, 0) is 6.54 Å². The van der Waals surface area contributed by atoms with E-state index in [0.717, 1.165) is 19.6 Å². The molecule has 1 aromatic heterocycles. The molecular weight excluding hydrogens is 362 g/mol. The van der Waals surface area contributed by atoms with Crippen LogP contribution in [0.3, 0.4) is 0 Å². The maximum absolute atomic E-state index is 12.5. The molecule has 0 aliphatic carbocycles. The minimum Gasteiger partial charge on any atom is -0.381 e. The van der Waals surface area contributed by atoms with Gasteiger partial charge in [-0.25, -0.2) is 9.97 Å². The third-order valence-corrected chi connectivity index (χ3v) is 4.65. The number of hydrogen-bond donors (Lipinski definition) is 2. The van der Waals surface area contributed by atoms with Gasteiger partial charge in [0.05, 0.1) is 11.0 Å². The monoisotopic (exact) mass is 383 g/mol. The first-order chi connectivity index (χ1) is 12.7. The number of benzene rings is 2. The van der Waals surface area contributed by atoms with Crippen molar-refractivity contribution >= 4 is 41.0 Å². The Morgan fingerprint density at radius 2 is 1.63 bits per heavy atom. The van der Waals surface area contributed by atoms with Crippen LogP contribution in [0, 0.1) is 0 Å². The van der Waals surface area contributed by atoms with E-state index in [1.807, 2.05) is 48.5 Å². The molecule has 4 rings (SSSR count). The number of nitrogen functional groups attached to an aromatic ring is 1. The average Bonchev–Trinajstić information content (AvgIpc) is 3.16. The van der Waals surface area contributed by atoms with Gasteiger partial charge in [-0.05, 0) is 55.8 Å². The highest BCUT2D eigenvalue weighted by molar-refractivity contribution is 6.05. The van der Waals surface area contributed by atoms with Gasteiger partial charge in [-0.15, -0.1) is 12.4 Å². The Labute approximate surface area is 164 Å². The van der Waals surface area contributed by atoms with Gasteiger partial charge in [0.25, 0.3) is 5.91 Å². The van der Waals surface area contributed by atoms with Crippen LogP contribution in [0.4, 0.5) is 11.6 Å². The predicted molar refractivity (Wildman–Crippen MR) is 110 cm³/mol. The zero-order valence-corrected chi connectivity index (χ0v) is 15.7. The van der Waals surface area contributed by atoms with Crippen molar-refractivity contribution in [3.05, 3.63) is 59.7 Å². The number of halogens is 1. The lowest BCUT2D eigenvalue weighted by atomic mass is 10.1. The molecule has 1 amide bonds. The van der Waals surface area contributed by atoms with Crippen molar-refractivity contribution in [2.75, 3.05) is 24.1 Å². The van der Waals surface area contributed by atoms with Crippen LogP contribution in [0.15, 0.2) is 48.5 Å². The molecule has 1 fully saturated rings. The number of carbonyl (C=O) groups is 1. The Kier molecular flexibility index (Phi) is 5.88. The molecule has 7 heteroatoms. The highest BCUT2D eigenvalue weighted by atomic mass is 35.5. The molecule has 0 bridgehead atoms. The molecule has 0 saturated carbocycles. The van der Waals surface area contributed by atoms with E-state index in [0.29, 0.717) is 16.6 Å². The number of anilines is 2. The van der Waals surface area contributed by atoms with Crippen molar-refractivity contribution in [3.63, 3.8) is 0 Å². The summed E-state index contributed by atoms with van der Waals surface area (Å²) < 4.78 is 0. The van der Waals surface area contributed by atoms with Gasteiger partial charge in [0.15, 0.2) is 11.6 Å². The second kappa shape index (κ2) is 8.33. The molecule has 3 N–H and O–H groups in total. The minimum atomic E-state index is -0.242. The predicted octanol–water partition coefficient (Wildman–Crippen LogP) is 3.48. The molecule has 1 aliphatic rings. The number of amides is 1. The van der Waals surface area contributed by atoms with Gasteiger partial charge in [0.1, 0.15) is 0 Å². The van der Waals surface area contributed by atoms with E-state index in [2.05, 4.69) is 20.2 Å². The lowest BCUT2D eigenvalue weighted by molar-refractivity contribution is 0.102. The van der Waals surface area contributed by atoms with E-state index in [4.69, 9.17) is 5.73 Å². The molecule has 0 atom stereocenters. The smallest absolute Gasteiger partial charge is 0.256 e. The van der Waals surface area contributed by atoms with Gasteiger partial charge < -0.3 is 11.1 Å². The van der Waals surface area contributed by atoms with Crippen molar-refractivity contribution in [2.24, 2.45) is 0 Å². The number of nitrogens with one attached hydrogen (secondary N) is 1. The molecule has 3 aromatic rings. The van der Waals surface area contributed by atoms with Gasteiger partial charge in [-0.2, -0.15) is 0 Å². The third-order valence-electron chi connectivity index (χ3n) is 4.65. The van der Waals surface area contributed by atoms with Crippen LogP contribution >= 0.6 is 12.4 Å². The maximum atomic E-state index is 12.5. The Balaban J connectivity index is 0.00000210. The number of likely N-dealkylation sites (tertiary alicyclic amines) is 1. The van der Waals surface area contributed by atoms with E-state index < -0.39 is 0 Å². The van der Waals surface area contributed by atoms with Gasteiger partial charge in [-0.3, -0.25) is 9.69 Å². The van der Waals surface area contributed by atoms with Crippen molar-refractivity contribution in [3.8, 4) is 0 Å². The summed E-state index contributed by atoms with van der Waals surface area (Å²) in [6, 6.07) is 15.1. The Morgan fingerprint density at radius 3 is 2.30 bits per heavy atom. The first kappa shape index (κ1) is 19.1. The second-order valence-corrected chi connectivity index (χ2v) is 6.58. The number of aromatic nitrogens is 2. The van der Waals surface area contributed by atoms with Crippen LogP contribution in [0.2, 0.25) is 0 Å². The SMILES string of the molecule is Cl.Nc1nc2ccccc2nc1NC(=O)c1ccc(CN2CCCC2)cc1. The summed E-state index contributed by atoms with van der Waals surface area (Å²) in [7, 11) is 0. The van der Waals surface area contributed by atoms with Crippen molar-refractivity contribution in [1.29, 1.82) is 0 Å². The minimum absolute atomic E-state index is 0. The molecule has 0 unspecified atom stereocenters. The summed E-state index contributed by atoms with van der Waals surface area (Å²) in [6.45, 7) is 3.25. The summed E-state index contributed by atoms with van der Waals surface area (Å²) in [6.07, 6.45) is 2.55. The summed E-state index contributed by atoms with van der Waals surface area (Å²) >= 11 is 0. The molecule has 0 spiro atoms. The van der Waals surface area contributed by atoms with E-state index in [-0.39, 0.29) is 29.9 Å². The number of nitrogens with zero attached hydrogens (tertiary/aromatic N) is 3. The van der Waals surface area contributed by atoms with Crippen LogP contribution in [0.5, 0.6) is 0 Å². The first-order valence-corrected chi connectivity index (χ1v) is 8.84. The van der Waals surface area contributed by atoms with Crippen LogP contribution < -0.4 is 11.1 Å². The van der Waals surface area contributed by atoms with Crippen LogP contribution in [0.1, 0.15) is 28.8 Å². The molecule has 27 heavy (non-hydrogen) atoms. The van der Waals surface area contributed by atoms with Crippen LogP contribution in [-0.4, -0.2) is 33.9 Å².